The second-order valence-electron chi connectivity index (χ2n) is 8.44. The Labute approximate surface area is 180 Å². The van der Waals surface area contributed by atoms with Crippen molar-refractivity contribution in [2.45, 2.75) is 63.0 Å². The van der Waals surface area contributed by atoms with Crippen molar-refractivity contribution in [3.8, 4) is 0 Å². The number of hydrogen-bond acceptors (Lipinski definition) is 8. The molecular weight excluding hydrogens is 500 g/mol. The number of hydrogen-bond donors (Lipinski definition) is 6. The summed E-state index contributed by atoms with van der Waals surface area (Å²) < 4.78 is 65.9. The Morgan fingerprint density at radius 3 is 1.48 bits per heavy atom. The van der Waals surface area contributed by atoms with Crippen molar-refractivity contribution in [1.82, 2.24) is 0 Å². The molecule has 13 nitrogen and oxygen atoms in total. The summed E-state index contributed by atoms with van der Waals surface area (Å²) in [5.41, 5.74) is -1.86. The third-order valence-corrected chi connectivity index (χ3v) is 15.8. The van der Waals surface area contributed by atoms with Crippen LogP contribution in [0.2, 0.25) is 0 Å². The molecule has 0 bridgehead atoms. The van der Waals surface area contributed by atoms with E-state index in [9.17, 15) is 47.8 Å². The predicted octanol–water partition coefficient (Wildman–Crippen LogP) is 2.96. The molecule has 0 radical (unpaired) electrons. The summed E-state index contributed by atoms with van der Waals surface area (Å²) in [5, 5.41) is 4.09. The standard InChI is InChI=1S/C14H32O13P4/c1-12(2,3)14(15,30(22,23)25-4)31(24,26-5)27-13(28(16,17)18,29(19,20)21)11-9-7-6-8-10-11/h11,15H,6-10H2,1-5H3,(H,22,23)(H2,16,17,18)(H2,19,20,21). The van der Waals surface area contributed by atoms with E-state index in [2.05, 4.69) is 4.52 Å². The van der Waals surface area contributed by atoms with Gasteiger partial charge in [0.25, 0.3) is 10.2 Å². The molecule has 1 saturated carbocycles. The molecule has 3 atom stereocenters. The van der Waals surface area contributed by atoms with Crippen LogP contribution < -0.4 is 0 Å². The van der Waals surface area contributed by atoms with E-state index in [4.69, 9.17) is 9.05 Å². The van der Waals surface area contributed by atoms with Crippen molar-refractivity contribution in [2.24, 2.45) is 11.3 Å². The molecule has 0 aromatic heterocycles. The zero-order valence-corrected chi connectivity index (χ0v) is 21.5. The van der Waals surface area contributed by atoms with Gasteiger partial charge in [-0.15, -0.1) is 0 Å². The van der Waals surface area contributed by atoms with Gasteiger partial charge in [0.15, 0.2) is 0 Å². The third kappa shape index (κ3) is 4.87. The first-order chi connectivity index (χ1) is 13.7. The Hall–Kier alpha value is 0.560. The van der Waals surface area contributed by atoms with Crippen molar-refractivity contribution < 1.29 is 61.4 Å². The highest BCUT2D eigenvalue weighted by Gasteiger charge is 2.76. The van der Waals surface area contributed by atoms with Gasteiger partial charge in [-0.25, -0.2) is 0 Å². The Bertz CT molecular complexity index is 812. The Balaban J connectivity index is 3.98. The van der Waals surface area contributed by atoms with Crippen LogP contribution in [0, 0.1) is 11.3 Å². The minimum Gasteiger partial charge on any atom is -0.367 e. The minimum atomic E-state index is -5.95. The average molecular weight is 532 g/mol. The summed E-state index contributed by atoms with van der Waals surface area (Å²) in [5.74, 6) is -1.49. The lowest BCUT2D eigenvalue weighted by molar-refractivity contribution is 0.00174. The van der Waals surface area contributed by atoms with E-state index in [1.807, 2.05) is 0 Å². The van der Waals surface area contributed by atoms with Gasteiger partial charge in [0.05, 0.1) is 0 Å². The average Bonchev–Trinajstić information content (AvgIpc) is 2.62. The second-order valence-corrected chi connectivity index (χ2v) is 16.9. The summed E-state index contributed by atoms with van der Waals surface area (Å²) in [6.07, 6.45) is 1.10. The Kier molecular flexibility index (Phi) is 8.89. The minimum absolute atomic E-state index is 0.102. The topological polar surface area (TPSA) is 217 Å². The van der Waals surface area contributed by atoms with E-state index in [0.717, 1.165) is 20.8 Å². The highest BCUT2D eigenvalue weighted by Crippen LogP contribution is 2.85. The summed E-state index contributed by atoms with van der Waals surface area (Å²) in [4.78, 5) is 50.6. The van der Waals surface area contributed by atoms with Gasteiger partial charge in [-0.1, -0.05) is 40.0 Å². The van der Waals surface area contributed by atoms with Gasteiger partial charge in [-0.05, 0) is 12.8 Å². The SMILES string of the molecule is COP(=O)(O)C(O)(C(C)(C)C)P(=O)(OC)OC(C1CCCCC1)(P(=O)(O)O)P(=O)(O)O. The second kappa shape index (κ2) is 9.31. The van der Waals surface area contributed by atoms with Crippen LogP contribution in [-0.2, 0) is 31.8 Å². The molecule has 1 rings (SSSR count). The molecular formula is C14H32O13P4. The number of rotatable bonds is 9. The fourth-order valence-electron chi connectivity index (χ4n) is 3.83. The van der Waals surface area contributed by atoms with Crippen LogP contribution in [0.15, 0.2) is 0 Å². The van der Waals surface area contributed by atoms with Crippen molar-refractivity contribution in [3.05, 3.63) is 0 Å². The van der Waals surface area contributed by atoms with Gasteiger partial charge < -0.3 is 38.6 Å². The number of aliphatic hydroxyl groups is 1. The maximum absolute atomic E-state index is 13.8. The maximum Gasteiger partial charge on any atom is 0.376 e. The van der Waals surface area contributed by atoms with Crippen LogP contribution in [-0.4, -0.2) is 54.0 Å². The smallest absolute Gasteiger partial charge is 0.367 e. The lowest BCUT2D eigenvalue weighted by Crippen LogP contribution is -2.48. The lowest BCUT2D eigenvalue weighted by Gasteiger charge is -2.48. The zero-order valence-electron chi connectivity index (χ0n) is 17.9. The molecule has 6 N–H and O–H groups in total. The van der Waals surface area contributed by atoms with Crippen LogP contribution in [0.5, 0.6) is 0 Å². The molecule has 17 heteroatoms. The lowest BCUT2D eigenvalue weighted by atomic mass is 9.89. The first kappa shape index (κ1) is 29.6. The van der Waals surface area contributed by atoms with Crippen LogP contribution >= 0.6 is 30.4 Å². The van der Waals surface area contributed by atoms with Crippen molar-refractivity contribution in [3.63, 3.8) is 0 Å². The quantitative estimate of drug-likeness (QED) is 0.236. The van der Waals surface area contributed by atoms with E-state index < -0.39 is 51.9 Å². The molecule has 0 saturated heterocycles. The predicted molar refractivity (Wildman–Crippen MR) is 110 cm³/mol. The fourth-order valence-corrected chi connectivity index (χ4v) is 12.9. The molecule has 0 spiro atoms. The third-order valence-electron chi connectivity index (χ3n) is 5.50. The van der Waals surface area contributed by atoms with Gasteiger partial charge in [-0.2, -0.15) is 0 Å². The van der Waals surface area contributed by atoms with Crippen LogP contribution in [0.4, 0.5) is 0 Å². The molecule has 1 aliphatic rings. The maximum atomic E-state index is 13.8. The molecule has 0 aliphatic heterocycles. The summed E-state index contributed by atoms with van der Waals surface area (Å²) in [7, 11) is -21.5. The monoisotopic (exact) mass is 532 g/mol. The van der Waals surface area contributed by atoms with E-state index in [0.29, 0.717) is 33.5 Å². The van der Waals surface area contributed by atoms with Crippen LogP contribution in [0.25, 0.3) is 0 Å². The van der Waals surface area contributed by atoms with Crippen molar-refractivity contribution >= 4 is 30.4 Å². The van der Waals surface area contributed by atoms with Gasteiger partial charge in [-0.3, -0.25) is 22.8 Å². The van der Waals surface area contributed by atoms with Crippen LogP contribution in [0.3, 0.4) is 0 Å². The molecule has 0 aromatic rings. The molecule has 31 heavy (non-hydrogen) atoms. The van der Waals surface area contributed by atoms with Crippen LogP contribution in [0.1, 0.15) is 52.9 Å². The molecule has 1 fully saturated rings. The summed E-state index contributed by atoms with van der Waals surface area (Å²) >= 11 is 0. The fraction of sp³-hybridized carbons (Fsp3) is 1.00. The Morgan fingerprint density at radius 1 is 0.774 bits per heavy atom. The largest absolute Gasteiger partial charge is 0.376 e. The molecule has 0 aromatic carbocycles. The summed E-state index contributed by atoms with van der Waals surface area (Å²) in [6.45, 7) is 3.42. The first-order valence-electron chi connectivity index (χ1n) is 9.27. The van der Waals surface area contributed by atoms with Gasteiger partial charge in [0.1, 0.15) is 0 Å². The normalized spacial score (nSPS) is 23.6. The van der Waals surface area contributed by atoms with Gasteiger partial charge in [0, 0.05) is 25.6 Å². The Morgan fingerprint density at radius 2 is 1.19 bits per heavy atom. The summed E-state index contributed by atoms with van der Waals surface area (Å²) in [6, 6.07) is 0. The van der Waals surface area contributed by atoms with E-state index in [1.165, 1.54) is 0 Å². The molecule has 3 unspecified atom stereocenters. The molecule has 1 aliphatic carbocycles. The van der Waals surface area contributed by atoms with Gasteiger partial charge >= 0.3 is 30.4 Å². The molecule has 0 heterocycles. The molecule has 0 amide bonds. The van der Waals surface area contributed by atoms with E-state index in [-0.39, 0.29) is 12.8 Å². The molecule has 186 valence electrons. The van der Waals surface area contributed by atoms with E-state index >= 15 is 0 Å². The van der Waals surface area contributed by atoms with Crippen molar-refractivity contribution in [2.75, 3.05) is 14.2 Å². The van der Waals surface area contributed by atoms with E-state index in [1.54, 1.807) is 0 Å². The van der Waals surface area contributed by atoms with Gasteiger partial charge in [0.2, 0.25) is 0 Å². The highest BCUT2D eigenvalue weighted by atomic mass is 31.3. The highest BCUT2D eigenvalue weighted by molar-refractivity contribution is 7.76. The van der Waals surface area contributed by atoms with Crippen molar-refractivity contribution in [1.29, 1.82) is 0 Å². The zero-order chi connectivity index (χ0) is 24.7. The first-order valence-corrected chi connectivity index (χ1v) is 15.6.